The summed E-state index contributed by atoms with van der Waals surface area (Å²) in [4.78, 5) is 4.55. The highest BCUT2D eigenvalue weighted by molar-refractivity contribution is 4.57. The van der Waals surface area contributed by atoms with Crippen LogP contribution in [0.25, 0.3) is 0 Å². The van der Waals surface area contributed by atoms with Crippen LogP contribution in [0.2, 0.25) is 0 Å². The van der Waals surface area contributed by atoms with Crippen LogP contribution in [-0.4, -0.2) is 50.1 Å². The summed E-state index contributed by atoms with van der Waals surface area (Å²) >= 11 is 0. The third-order valence-corrected chi connectivity index (χ3v) is 1.78. The summed E-state index contributed by atoms with van der Waals surface area (Å²) < 4.78 is 0. The number of nitrogens with zero attached hydrogens (tertiary/aromatic N) is 2. The Morgan fingerprint density at radius 3 is 1.54 bits per heavy atom. The van der Waals surface area contributed by atoms with Gasteiger partial charge in [-0.1, -0.05) is 20.3 Å². The molecule has 0 unspecified atom stereocenters. The zero-order valence-corrected chi connectivity index (χ0v) is 10.6. The molecule has 0 rings (SSSR count). The SMILES string of the molecule is CC(C)N(C)CCN(C)C.CCC. The molecule has 13 heavy (non-hydrogen) atoms. The van der Waals surface area contributed by atoms with Gasteiger partial charge in [0.25, 0.3) is 0 Å². The van der Waals surface area contributed by atoms with E-state index in [-0.39, 0.29) is 0 Å². The minimum absolute atomic E-state index is 0.667. The van der Waals surface area contributed by atoms with Crippen LogP contribution in [-0.2, 0) is 0 Å². The topological polar surface area (TPSA) is 6.48 Å². The monoisotopic (exact) mass is 188 g/mol. The van der Waals surface area contributed by atoms with Crippen molar-refractivity contribution in [2.24, 2.45) is 0 Å². The van der Waals surface area contributed by atoms with Gasteiger partial charge in [0.1, 0.15) is 0 Å². The van der Waals surface area contributed by atoms with Gasteiger partial charge in [-0.3, -0.25) is 0 Å². The number of likely N-dealkylation sites (N-methyl/N-ethyl adjacent to an activating group) is 2. The zero-order chi connectivity index (χ0) is 10.9. The first-order valence-corrected chi connectivity index (χ1v) is 5.30. The van der Waals surface area contributed by atoms with E-state index >= 15 is 0 Å². The molecule has 0 aliphatic heterocycles. The highest BCUT2D eigenvalue weighted by Crippen LogP contribution is 1.91. The Labute approximate surface area is 84.9 Å². The summed E-state index contributed by atoms with van der Waals surface area (Å²) in [5, 5.41) is 0. The molecule has 0 aliphatic carbocycles. The Morgan fingerprint density at radius 1 is 0.923 bits per heavy atom. The van der Waals surface area contributed by atoms with E-state index in [0.29, 0.717) is 6.04 Å². The maximum atomic E-state index is 2.35. The fourth-order valence-corrected chi connectivity index (χ4v) is 0.616. The molecule has 0 saturated heterocycles. The number of hydrogen-bond acceptors (Lipinski definition) is 2. The van der Waals surface area contributed by atoms with E-state index in [0.717, 1.165) is 13.1 Å². The van der Waals surface area contributed by atoms with Crippen molar-refractivity contribution in [3.8, 4) is 0 Å². The number of hydrogen-bond donors (Lipinski definition) is 0. The molecule has 0 heterocycles. The summed E-state index contributed by atoms with van der Waals surface area (Å²) in [6.45, 7) is 11.0. The van der Waals surface area contributed by atoms with Crippen LogP contribution in [0, 0.1) is 0 Å². The molecule has 0 aromatic carbocycles. The van der Waals surface area contributed by atoms with Gasteiger partial charge in [0.15, 0.2) is 0 Å². The molecular formula is C11H28N2. The molecule has 0 aromatic heterocycles. The maximum Gasteiger partial charge on any atom is 0.0109 e. The van der Waals surface area contributed by atoms with Crippen molar-refractivity contribution >= 4 is 0 Å². The van der Waals surface area contributed by atoms with Crippen molar-refractivity contribution in [3.63, 3.8) is 0 Å². The van der Waals surface area contributed by atoms with E-state index in [9.17, 15) is 0 Å². The lowest BCUT2D eigenvalue weighted by Gasteiger charge is -2.22. The van der Waals surface area contributed by atoms with E-state index in [4.69, 9.17) is 0 Å². The molecule has 0 bridgehead atoms. The summed E-state index contributed by atoms with van der Waals surface area (Å²) in [5.41, 5.74) is 0. The lowest BCUT2D eigenvalue weighted by Crippen LogP contribution is -2.33. The standard InChI is InChI=1S/C8H20N2.C3H8/c1-8(2)10(5)7-6-9(3)4;1-3-2/h8H,6-7H2,1-5H3;3H2,1-2H3. The van der Waals surface area contributed by atoms with Crippen LogP contribution < -0.4 is 0 Å². The summed E-state index contributed by atoms with van der Waals surface area (Å²) in [7, 11) is 6.37. The minimum Gasteiger partial charge on any atom is -0.308 e. The third kappa shape index (κ3) is 14.7. The lowest BCUT2D eigenvalue weighted by atomic mass is 10.3. The average molecular weight is 188 g/mol. The van der Waals surface area contributed by atoms with Crippen LogP contribution in [0.15, 0.2) is 0 Å². The van der Waals surface area contributed by atoms with Crippen LogP contribution in [0.3, 0.4) is 0 Å². The Bertz CT molecular complexity index is 90.1. The van der Waals surface area contributed by atoms with Gasteiger partial charge < -0.3 is 9.80 Å². The highest BCUT2D eigenvalue weighted by atomic mass is 15.2. The van der Waals surface area contributed by atoms with Crippen LogP contribution in [0.5, 0.6) is 0 Å². The first-order chi connectivity index (χ1) is 5.95. The molecule has 0 saturated carbocycles. The van der Waals surface area contributed by atoms with Crippen molar-refractivity contribution in [1.29, 1.82) is 0 Å². The average Bonchev–Trinajstić information content (AvgIpc) is 2.01. The second-order valence-corrected chi connectivity index (χ2v) is 4.08. The second-order valence-electron chi connectivity index (χ2n) is 4.08. The predicted octanol–water partition coefficient (Wildman–Crippen LogP) is 2.30. The Hall–Kier alpha value is -0.0800. The molecule has 0 aromatic rings. The summed E-state index contributed by atoms with van der Waals surface area (Å²) in [6, 6.07) is 0.667. The summed E-state index contributed by atoms with van der Waals surface area (Å²) in [6.07, 6.45) is 1.25. The Balaban J connectivity index is 0. The van der Waals surface area contributed by atoms with Crippen molar-refractivity contribution in [1.82, 2.24) is 9.80 Å². The minimum atomic E-state index is 0.667. The van der Waals surface area contributed by atoms with E-state index in [1.165, 1.54) is 6.42 Å². The maximum absolute atomic E-state index is 2.35. The molecular weight excluding hydrogens is 160 g/mol. The fraction of sp³-hybridized carbons (Fsp3) is 1.00. The van der Waals surface area contributed by atoms with E-state index < -0.39 is 0 Å². The molecule has 0 amide bonds. The molecule has 0 aliphatic rings. The Kier molecular flexibility index (Phi) is 11.8. The fourth-order valence-electron chi connectivity index (χ4n) is 0.616. The van der Waals surface area contributed by atoms with E-state index in [1.807, 2.05) is 0 Å². The molecule has 0 N–H and O–H groups in total. The third-order valence-electron chi connectivity index (χ3n) is 1.78. The largest absolute Gasteiger partial charge is 0.308 e. The normalized spacial score (nSPS) is 10.6. The zero-order valence-electron chi connectivity index (χ0n) is 10.6. The molecule has 2 heteroatoms. The highest BCUT2D eigenvalue weighted by Gasteiger charge is 2.01. The van der Waals surface area contributed by atoms with Crippen molar-refractivity contribution in [2.75, 3.05) is 34.2 Å². The molecule has 82 valence electrons. The first-order valence-electron chi connectivity index (χ1n) is 5.30. The summed E-state index contributed by atoms with van der Waals surface area (Å²) in [5.74, 6) is 0. The molecule has 2 nitrogen and oxygen atoms in total. The smallest absolute Gasteiger partial charge is 0.0109 e. The number of rotatable bonds is 4. The molecule has 0 atom stereocenters. The molecule has 0 radical (unpaired) electrons. The van der Waals surface area contributed by atoms with Gasteiger partial charge in [0, 0.05) is 19.1 Å². The van der Waals surface area contributed by atoms with Gasteiger partial charge in [-0.2, -0.15) is 0 Å². The predicted molar refractivity (Wildman–Crippen MR) is 62.3 cm³/mol. The molecule has 0 spiro atoms. The van der Waals surface area contributed by atoms with Gasteiger partial charge in [0.2, 0.25) is 0 Å². The van der Waals surface area contributed by atoms with Gasteiger partial charge >= 0.3 is 0 Å². The van der Waals surface area contributed by atoms with E-state index in [1.54, 1.807) is 0 Å². The van der Waals surface area contributed by atoms with Gasteiger partial charge in [-0.15, -0.1) is 0 Å². The van der Waals surface area contributed by atoms with Crippen LogP contribution in [0.4, 0.5) is 0 Å². The van der Waals surface area contributed by atoms with Gasteiger partial charge in [0.05, 0.1) is 0 Å². The molecule has 0 fully saturated rings. The van der Waals surface area contributed by atoms with Gasteiger partial charge in [-0.05, 0) is 35.0 Å². The van der Waals surface area contributed by atoms with E-state index in [2.05, 4.69) is 58.6 Å². The van der Waals surface area contributed by atoms with Crippen LogP contribution in [0.1, 0.15) is 34.1 Å². The van der Waals surface area contributed by atoms with Crippen molar-refractivity contribution in [3.05, 3.63) is 0 Å². The first kappa shape index (κ1) is 15.4. The quantitative estimate of drug-likeness (QED) is 0.668. The second kappa shape index (κ2) is 10.0. The van der Waals surface area contributed by atoms with Gasteiger partial charge in [-0.25, -0.2) is 0 Å². The van der Waals surface area contributed by atoms with Crippen molar-refractivity contribution < 1.29 is 0 Å². The lowest BCUT2D eigenvalue weighted by molar-refractivity contribution is 0.241. The Morgan fingerprint density at radius 2 is 1.31 bits per heavy atom. The van der Waals surface area contributed by atoms with Crippen molar-refractivity contribution in [2.45, 2.75) is 40.2 Å². The van der Waals surface area contributed by atoms with Crippen LogP contribution >= 0.6 is 0 Å².